The highest BCUT2D eigenvalue weighted by atomic mass is 16.4. The Morgan fingerprint density at radius 1 is 1.21 bits per heavy atom. The molecule has 0 aromatic heterocycles. The minimum absolute atomic E-state index is 0.284. The Labute approximate surface area is 114 Å². The summed E-state index contributed by atoms with van der Waals surface area (Å²) >= 11 is 0. The molecule has 3 atom stereocenters. The molecule has 0 bridgehead atoms. The van der Waals surface area contributed by atoms with Gasteiger partial charge in [0.15, 0.2) is 0 Å². The average molecular weight is 259 g/mol. The van der Waals surface area contributed by atoms with Gasteiger partial charge in [-0.15, -0.1) is 0 Å². The number of hydrogen-bond donors (Lipinski definition) is 1. The van der Waals surface area contributed by atoms with Crippen LogP contribution in [0.4, 0.5) is 0 Å². The minimum Gasteiger partial charge on any atom is -0.480 e. The summed E-state index contributed by atoms with van der Waals surface area (Å²) in [5.41, 5.74) is 1.22. The fraction of sp³-hybridized carbons (Fsp3) is 0.562. The summed E-state index contributed by atoms with van der Waals surface area (Å²) in [7, 11) is 0. The van der Waals surface area contributed by atoms with Gasteiger partial charge in [-0.3, -0.25) is 9.69 Å². The van der Waals surface area contributed by atoms with E-state index < -0.39 is 5.97 Å². The van der Waals surface area contributed by atoms with Gasteiger partial charge in [-0.05, 0) is 30.7 Å². The number of hydrogen-bond acceptors (Lipinski definition) is 2. The molecule has 0 radical (unpaired) electrons. The van der Waals surface area contributed by atoms with E-state index in [1.54, 1.807) is 0 Å². The molecule has 102 valence electrons. The lowest BCUT2D eigenvalue weighted by molar-refractivity contribution is -0.142. The monoisotopic (exact) mass is 259 g/mol. The third kappa shape index (κ3) is 2.52. The van der Waals surface area contributed by atoms with Crippen LogP contribution in [0.3, 0.4) is 0 Å². The van der Waals surface area contributed by atoms with E-state index in [0.29, 0.717) is 12.0 Å². The van der Waals surface area contributed by atoms with Crippen LogP contribution in [0.15, 0.2) is 30.3 Å². The summed E-state index contributed by atoms with van der Waals surface area (Å²) < 4.78 is 0. The van der Waals surface area contributed by atoms with Crippen LogP contribution in [0, 0.1) is 5.92 Å². The van der Waals surface area contributed by atoms with Crippen molar-refractivity contribution in [2.45, 2.75) is 50.7 Å². The van der Waals surface area contributed by atoms with E-state index in [0.717, 1.165) is 13.0 Å². The van der Waals surface area contributed by atoms with E-state index in [9.17, 15) is 9.90 Å². The molecule has 1 aliphatic carbocycles. The molecule has 2 aliphatic rings. The van der Waals surface area contributed by atoms with Crippen molar-refractivity contribution in [3.05, 3.63) is 35.9 Å². The Hall–Kier alpha value is -1.35. The van der Waals surface area contributed by atoms with Gasteiger partial charge in [0.25, 0.3) is 0 Å². The Kier molecular flexibility index (Phi) is 3.56. The summed E-state index contributed by atoms with van der Waals surface area (Å²) in [5, 5.41) is 9.47. The number of carboxylic acids is 1. The second-order valence-electron chi connectivity index (χ2n) is 5.86. The molecular weight excluding hydrogens is 238 g/mol. The fourth-order valence-electron chi connectivity index (χ4n) is 3.82. The summed E-state index contributed by atoms with van der Waals surface area (Å²) in [6.07, 6.45) is 5.74. The van der Waals surface area contributed by atoms with Crippen LogP contribution >= 0.6 is 0 Å². The van der Waals surface area contributed by atoms with Crippen LogP contribution in [0.5, 0.6) is 0 Å². The van der Waals surface area contributed by atoms with Crippen LogP contribution in [0.25, 0.3) is 0 Å². The molecule has 1 aromatic carbocycles. The molecule has 2 fully saturated rings. The lowest BCUT2D eigenvalue weighted by atomic mass is 9.84. The molecule has 3 heteroatoms. The summed E-state index contributed by atoms with van der Waals surface area (Å²) in [5.74, 6) is -0.0520. The lowest BCUT2D eigenvalue weighted by Crippen LogP contribution is -2.41. The maximum Gasteiger partial charge on any atom is 0.320 e. The van der Waals surface area contributed by atoms with E-state index >= 15 is 0 Å². The molecule has 0 amide bonds. The van der Waals surface area contributed by atoms with Gasteiger partial charge in [-0.2, -0.15) is 0 Å². The van der Waals surface area contributed by atoms with Crippen LogP contribution in [0.1, 0.15) is 37.7 Å². The smallest absolute Gasteiger partial charge is 0.320 e. The Balaban J connectivity index is 1.80. The molecule has 19 heavy (non-hydrogen) atoms. The third-order valence-corrected chi connectivity index (χ3v) is 4.71. The molecule has 1 saturated heterocycles. The molecule has 0 spiro atoms. The summed E-state index contributed by atoms with van der Waals surface area (Å²) in [6.45, 7) is 0.777. The topological polar surface area (TPSA) is 40.5 Å². The fourth-order valence-corrected chi connectivity index (χ4v) is 3.82. The van der Waals surface area contributed by atoms with E-state index in [1.165, 1.54) is 31.2 Å². The second kappa shape index (κ2) is 5.33. The Bertz CT molecular complexity index is 445. The number of rotatable bonds is 3. The standard InChI is InChI=1S/C16H21NO2/c18-16(19)15-10-13-8-4-5-9-14(13)17(15)11-12-6-2-1-3-7-12/h1-3,6-7,13-15H,4-5,8-11H2,(H,18,19)/t13-,14?,15+/m1/s1. The number of carbonyl (C=O) groups is 1. The van der Waals surface area contributed by atoms with Crippen LogP contribution in [-0.4, -0.2) is 28.1 Å². The molecule has 1 unspecified atom stereocenters. The van der Waals surface area contributed by atoms with Crippen molar-refractivity contribution in [1.29, 1.82) is 0 Å². The van der Waals surface area contributed by atoms with Crippen molar-refractivity contribution in [3.63, 3.8) is 0 Å². The normalized spacial score (nSPS) is 31.1. The van der Waals surface area contributed by atoms with Crippen molar-refractivity contribution in [1.82, 2.24) is 4.90 Å². The van der Waals surface area contributed by atoms with Gasteiger partial charge in [0.05, 0.1) is 0 Å². The Morgan fingerprint density at radius 2 is 1.95 bits per heavy atom. The quantitative estimate of drug-likeness (QED) is 0.907. The SMILES string of the molecule is O=C(O)[C@@H]1C[C@H]2CCCCC2N1Cc1ccccc1. The van der Waals surface area contributed by atoms with E-state index in [-0.39, 0.29) is 6.04 Å². The van der Waals surface area contributed by atoms with Gasteiger partial charge in [0, 0.05) is 12.6 Å². The largest absolute Gasteiger partial charge is 0.480 e. The van der Waals surface area contributed by atoms with Crippen molar-refractivity contribution < 1.29 is 9.90 Å². The number of nitrogens with zero attached hydrogens (tertiary/aromatic N) is 1. The van der Waals surface area contributed by atoms with Crippen molar-refractivity contribution in [2.24, 2.45) is 5.92 Å². The van der Waals surface area contributed by atoms with Crippen LogP contribution in [0.2, 0.25) is 0 Å². The summed E-state index contributed by atoms with van der Waals surface area (Å²) in [4.78, 5) is 13.7. The highest BCUT2D eigenvalue weighted by Gasteiger charge is 2.44. The van der Waals surface area contributed by atoms with Crippen molar-refractivity contribution in [3.8, 4) is 0 Å². The zero-order valence-electron chi connectivity index (χ0n) is 11.2. The van der Waals surface area contributed by atoms with E-state index in [2.05, 4.69) is 17.0 Å². The first-order chi connectivity index (χ1) is 9.25. The first-order valence-electron chi connectivity index (χ1n) is 7.28. The number of aliphatic carboxylic acids is 1. The van der Waals surface area contributed by atoms with Gasteiger partial charge in [0.1, 0.15) is 6.04 Å². The van der Waals surface area contributed by atoms with Crippen LogP contribution in [-0.2, 0) is 11.3 Å². The highest BCUT2D eigenvalue weighted by Crippen LogP contribution is 2.40. The molecule has 1 N–H and O–H groups in total. The predicted octanol–water partition coefficient (Wildman–Crippen LogP) is 2.90. The van der Waals surface area contributed by atoms with Gasteiger partial charge in [-0.1, -0.05) is 43.2 Å². The predicted molar refractivity (Wildman–Crippen MR) is 73.8 cm³/mol. The first-order valence-corrected chi connectivity index (χ1v) is 7.28. The maximum atomic E-state index is 11.5. The number of likely N-dealkylation sites (tertiary alicyclic amines) is 1. The number of benzene rings is 1. The van der Waals surface area contributed by atoms with Gasteiger partial charge in [-0.25, -0.2) is 0 Å². The lowest BCUT2D eigenvalue weighted by Gasteiger charge is -2.33. The number of carboxylic acid groups (broad SMARTS) is 1. The molecule has 1 saturated carbocycles. The average Bonchev–Trinajstić information content (AvgIpc) is 2.79. The zero-order valence-corrected chi connectivity index (χ0v) is 11.2. The first kappa shape index (κ1) is 12.7. The highest BCUT2D eigenvalue weighted by molar-refractivity contribution is 5.74. The summed E-state index contributed by atoms with van der Waals surface area (Å²) in [6, 6.07) is 10.4. The Morgan fingerprint density at radius 3 is 2.68 bits per heavy atom. The van der Waals surface area contributed by atoms with E-state index in [1.807, 2.05) is 18.2 Å². The zero-order chi connectivity index (χ0) is 13.2. The molecule has 1 aromatic rings. The molecule has 3 nitrogen and oxygen atoms in total. The second-order valence-corrected chi connectivity index (χ2v) is 5.86. The third-order valence-electron chi connectivity index (χ3n) is 4.71. The molecule has 3 rings (SSSR count). The molecular formula is C16H21NO2. The van der Waals surface area contributed by atoms with Crippen molar-refractivity contribution >= 4 is 5.97 Å². The maximum absolute atomic E-state index is 11.5. The molecule has 1 aliphatic heterocycles. The van der Waals surface area contributed by atoms with E-state index in [4.69, 9.17) is 0 Å². The van der Waals surface area contributed by atoms with Gasteiger partial charge < -0.3 is 5.11 Å². The molecule has 1 heterocycles. The van der Waals surface area contributed by atoms with Crippen LogP contribution < -0.4 is 0 Å². The number of fused-ring (bicyclic) bond motifs is 1. The van der Waals surface area contributed by atoms with Gasteiger partial charge in [0.2, 0.25) is 0 Å². The minimum atomic E-state index is -0.648. The van der Waals surface area contributed by atoms with Gasteiger partial charge >= 0.3 is 5.97 Å². The van der Waals surface area contributed by atoms with Crippen molar-refractivity contribution in [2.75, 3.05) is 0 Å².